The number of ether oxygens (including phenoxy) is 6. The van der Waals surface area contributed by atoms with Gasteiger partial charge in [-0.25, -0.2) is 0 Å². The van der Waals surface area contributed by atoms with Crippen molar-refractivity contribution in [1.29, 1.82) is 0 Å². The van der Waals surface area contributed by atoms with Crippen LogP contribution in [0.5, 0.6) is 0 Å². The van der Waals surface area contributed by atoms with Crippen molar-refractivity contribution < 1.29 is 89.4 Å². The first-order chi connectivity index (χ1) is 47.3. The Bertz CT molecular complexity index is 1850. The third-order valence-corrected chi connectivity index (χ3v) is 20.3. The fourth-order valence-corrected chi connectivity index (χ4v) is 13.8. The molecule has 97 heavy (non-hydrogen) atoms. The van der Waals surface area contributed by atoms with Crippen molar-refractivity contribution in [1.82, 2.24) is 5.32 Å². The summed E-state index contributed by atoms with van der Waals surface area (Å²) in [6, 6.07) is -0.890. The van der Waals surface area contributed by atoms with E-state index in [1.807, 2.05) is 0 Å². The van der Waals surface area contributed by atoms with Crippen LogP contribution < -0.4 is 5.32 Å². The molecule has 3 fully saturated rings. The molecule has 3 aliphatic rings. The summed E-state index contributed by atoms with van der Waals surface area (Å²) in [6.07, 6.45) is 44.1. The van der Waals surface area contributed by atoms with E-state index >= 15 is 0 Å². The normalized spacial score (nSPS) is 27.0. The molecule has 3 heterocycles. The summed E-state index contributed by atoms with van der Waals surface area (Å²) in [5, 5.41) is 121. The maximum atomic E-state index is 13.5. The number of aliphatic hydroxyl groups excluding tert-OH is 11. The van der Waals surface area contributed by atoms with Crippen molar-refractivity contribution in [3.8, 4) is 0 Å². The molecule has 0 radical (unpaired) electrons. The molecule has 1 amide bonds. The average Bonchev–Trinajstić information content (AvgIpc) is 0.789. The molecule has 17 unspecified atom stereocenters. The molecule has 572 valence electrons. The van der Waals surface area contributed by atoms with Gasteiger partial charge in [0.1, 0.15) is 73.2 Å². The number of hydrogen-bond donors (Lipinski definition) is 12. The predicted octanol–water partition coefficient (Wildman–Crippen LogP) is 13.0. The maximum Gasteiger partial charge on any atom is 0.220 e. The zero-order valence-electron chi connectivity index (χ0n) is 61.1. The Labute approximate surface area is 588 Å². The molecule has 19 heteroatoms. The van der Waals surface area contributed by atoms with Crippen LogP contribution in [0.1, 0.15) is 335 Å². The minimum atomic E-state index is -1.97. The molecule has 0 aromatic rings. The summed E-state index contributed by atoms with van der Waals surface area (Å²) in [4.78, 5) is 13.5. The van der Waals surface area contributed by atoms with Gasteiger partial charge in [-0.3, -0.25) is 4.79 Å². The van der Waals surface area contributed by atoms with Gasteiger partial charge in [0.05, 0.1) is 38.6 Å². The SMILES string of the molecule is CCCCCCC/C=C\C/C=C\CCCCCCCCCCCC(=O)NC(COC1OC(CO)C(OC2OC(CO)C(OC3OC(CO)C(O)C(O)C3O)C(O)C2O)C(O)C1O)C(O)CCCCCCCCCCCCCCCCCCCCCCCCCCCCCCCCC. The summed E-state index contributed by atoms with van der Waals surface area (Å²) in [5.41, 5.74) is 0. The predicted molar refractivity (Wildman–Crippen MR) is 383 cm³/mol. The second-order valence-corrected chi connectivity index (χ2v) is 28.9. The van der Waals surface area contributed by atoms with E-state index < -0.39 is 124 Å². The van der Waals surface area contributed by atoms with Crippen LogP contribution >= 0.6 is 0 Å². The molecule has 3 rings (SSSR count). The van der Waals surface area contributed by atoms with Crippen LogP contribution in [0.4, 0.5) is 0 Å². The van der Waals surface area contributed by atoms with Gasteiger partial charge in [-0.2, -0.15) is 0 Å². The summed E-state index contributed by atoms with van der Waals surface area (Å²) < 4.78 is 34.5. The second-order valence-electron chi connectivity index (χ2n) is 28.9. The van der Waals surface area contributed by atoms with Crippen molar-refractivity contribution in [2.24, 2.45) is 0 Å². The van der Waals surface area contributed by atoms with Gasteiger partial charge in [-0.1, -0.05) is 308 Å². The number of rotatable bonds is 64. The summed E-state index contributed by atoms with van der Waals surface area (Å²) in [5.74, 6) is -0.242. The number of carbonyl (C=O) groups excluding carboxylic acids is 1. The quantitative estimate of drug-likeness (QED) is 0.0199. The van der Waals surface area contributed by atoms with E-state index in [0.29, 0.717) is 12.8 Å². The Hall–Kier alpha value is -1.73. The highest BCUT2D eigenvalue weighted by molar-refractivity contribution is 5.76. The summed E-state index contributed by atoms with van der Waals surface area (Å²) >= 11 is 0. The van der Waals surface area contributed by atoms with Gasteiger partial charge in [0.2, 0.25) is 5.91 Å². The first kappa shape index (κ1) is 89.5. The minimum absolute atomic E-state index is 0.242. The highest BCUT2D eigenvalue weighted by Crippen LogP contribution is 2.33. The van der Waals surface area contributed by atoms with E-state index in [4.69, 9.17) is 28.4 Å². The zero-order chi connectivity index (χ0) is 70.4. The maximum absolute atomic E-state index is 13.5. The number of amides is 1. The highest BCUT2D eigenvalue weighted by Gasteiger charge is 2.54. The fourth-order valence-electron chi connectivity index (χ4n) is 13.8. The summed E-state index contributed by atoms with van der Waals surface area (Å²) in [7, 11) is 0. The van der Waals surface area contributed by atoms with Crippen LogP contribution in [0.15, 0.2) is 24.3 Å². The van der Waals surface area contributed by atoms with Crippen LogP contribution in [0.25, 0.3) is 0 Å². The van der Waals surface area contributed by atoms with E-state index in [9.17, 15) is 61.0 Å². The van der Waals surface area contributed by atoms with E-state index in [-0.39, 0.29) is 18.9 Å². The molecule has 19 nitrogen and oxygen atoms in total. The van der Waals surface area contributed by atoms with Crippen LogP contribution in [0.3, 0.4) is 0 Å². The van der Waals surface area contributed by atoms with E-state index in [2.05, 4.69) is 43.5 Å². The van der Waals surface area contributed by atoms with Crippen molar-refractivity contribution in [2.45, 2.75) is 439 Å². The monoisotopic (exact) mass is 1390 g/mol. The molecule has 0 aliphatic carbocycles. The largest absolute Gasteiger partial charge is 0.394 e. The zero-order valence-corrected chi connectivity index (χ0v) is 61.1. The Morgan fingerprint density at radius 3 is 1.05 bits per heavy atom. The summed E-state index contributed by atoms with van der Waals surface area (Å²) in [6.45, 7) is 1.84. The fraction of sp³-hybridized carbons (Fsp3) is 0.936. The number of aliphatic hydroxyl groups is 11. The molecule has 3 saturated heterocycles. The van der Waals surface area contributed by atoms with E-state index in [1.54, 1.807) is 0 Å². The first-order valence-corrected chi connectivity index (χ1v) is 40.1. The third-order valence-electron chi connectivity index (χ3n) is 20.3. The molecular formula is C78H147NO18. The molecule has 0 spiro atoms. The van der Waals surface area contributed by atoms with Crippen molar-refractivity contribution in [3.63, 3.8) is 0 Å². The van der Waals surface area contributed by atoms with Crippen LogP contribution in [0, 0.1) is 0 Å². The van der Waals surface area contributed by atoms with Crippen LogP contribution in [-0.4, -0.2) is 193 Å². The van der Waals surface area contributed by atoms with Crippen LogP contribution in [0.2, 0.25) is 0 Å². The van der Waals surface area contributed by atoms with Gasteiger partial charge < -0.3 is 89.9 Å². The Morgan fingerprint density at radius 1 is 0.371 bits per heavy atom. The highest BCUT2D eigenvalue weighted by atomic mass is 16.8. The molecule has 0 aromatic carbocycles. The Balaban J connectivity index is 1.36. The number of carbonyl (C=O) groups is 1. The Morgan fingerprint density at radius 2 is 0.680 bits per heavy atom. The number of hydrogen-bond acceptors (Lipinski definition) is 18. The molecular weight excluding hydrogens is 1240 g/mol. The molecule has 0 aromatic heterocycles. The molecule has 3 aliphatic heterocycles. The smallest absolute Gasteiger partial charge is 0.220 e. The number of allylic oxidation sites excluding steroid dienone is 4. The van der Waals surface area contributed by atoms with Gasteiger partial charge in [0, 0.05) is 6.42 Å². The number of unbranched alkanes of at least 4 members (excludes halogenated alkanes) is 44. The standard InChI is InChI=1S/C78H147NO18/c1-3-5-7-9-11-13-15-17-19-21-23-25-26-27-28-29-30-31-32-33-34-36-37-39-41-43-45-47-49-51-53-55-62(83)61(79-66(84)56-54-52-50-48-46-44-42-40-38-35-24-22-20-18-16-14-12-10-8-6-4-2)60-92-76-72(90)69(87)74(64(58-81)94-76)97-78-73(91)70(88)75(65(59-82)95-78)96-77-71(89)68(86)67(85)63(57-80)93-77/h16,18,22,24,61-65,67-78,80-83,85-91H,3-15,17,19-21,23,25-60H2,1-2H3,(H,79,84)/b18-16-,24-22-. The molecule has 12 N–H and O–H groups in total. The third kappa shape index (κ3) is 40.2. The molecule has 0 saturated carbocycles. The lowest BCUT2D eigenvalue weighted by Crippen LogP contribution is -2.66. The Kier molecular flexibility index (Phi) is 55.0. The van der Waals surface area contributed by atoms with E-state index in [1.165, 1.54) is 244 Å². The lowest BCUT2D eigenvalue weighted by atomic mass is 9.96. The van der Waals surface area contributed by atoms with Crippen molar-refractivity contribution >= 4 is 5.91 Å². The van der Waals surface area contributed by atoms with Gasteiger partial charge in [-0.05, 0) is 44.9 Å². The average molecular weight is 1390 g/mol. The second kappa shape index (κ2) is 59.6. The van der Waals surface area contributed by atoms with Gasteiger partial charge in [0.25, 0.3) is 0 Å². The minimum Gasteiger partial charge on any atom is -0.394 e. The lowest BCUT2D eigenvalue weighted by molar-refractivity contribution is -0.379. The number of nitrogens with one attached hydrogen (secondary N) is 1. The van der Waals surface area contributed by atoms with Gasteiger partial charge >= 0.3 is 0 Å². The van der Waals surface area contributed by atoms with E-state index in [0.717, 1.165) is 57.8 Å². The topological polar surface area (TPSA) is 307 Å². The lowest BCUT2D eigenvalue weighted by Gasteiger charge is -2.48. The molecule has 17 atom stereocenters. The van der Waals surface area contributed by atoms with Gasteiger partial charge in [0.15, 0.2) is 18.9 Å². The van der Waals surface area contributed by atoms with Crippen molar-refractivity contribution in [2.75, 3.05) is 26.4 Å². The van der Waals surface area contributed by atoms with Crippen LogP contribution in [-0.2, 0) is 33.2 Å². The van der Waals surface area contributed by atoms with Crippen molar-refractivity contribution in [3.05, 3.63) is 24.3 Å². The molecule has 0 bridgehead atoms. The van der Waals surface area contributed by atoms with Gasteiger partial charge in [-0.15, -0.1) is 0 Å². The first-order valence-electron chi connectivity index (χ1n) is 40.1.